The van der Waals surface area contributed by atoms with Crippen molar-refractivity contribution in [3.8, 4) is 17.2 Å². The van der Waals surface area contributed by atoms with E-state index in [0.29, 0.717) is 23.8 Å². The van der Waals surface area contributed by atoms with Crippen molar-refractivity contribution in [3.05, 3.63) is 17.7 Å². The van der Waals surface area contributed by atoms with Gasteiger partial charge in [-0.1, -0.05) is 13.8 Å². The fourth-order valence-electron chi connectivity index (χ4n) is 2.97. The lowest BCUT2D eigenvalue weighted by atomic mass is 9.93. The van der Waals surface area contributed by atoms with E-state index >= 15 is 0 Å². The molecule has 0 aliphatic rings. The van der Waals surface area contributed by atoms with Crippen molar-refractivity contribution in [3.63, 3.8) is 0 Å². The molecule has 28 heavy (non-hydrogen) atoms. The standard InChI is InChI=1S/C20H36N4O3.HI/c1-9-21-19(23-13-20(2,3)14-24(4)5)22-12-15-10-16(25-6)18(27-8)17(11-15)26-7;/h10-11H,9,12-14H2,1-8H3,(H2,21,22,23);1H. The Kier molecular flexibility index (Phi) is 12.3. The molecule has 7 nitrogen and oxygen atoms in total. The Morgan fingerprint density at radius 2 is 1.61 bits per heavy atom. The summed E-state index contributed by atoms with van der Waals surface area (Å²) in [5, 5.41) is 6.74. The summed E-state index contributed by atoms with van der Waals surface area (Å²) >= 11 is 0. The molecule has 0 amide bonds. The summed E-state index contributed by atoms with van der Waals surface area (Å²) in [6.45, 7) is 9.65. The quantitative estimate of drug-likeness (QED) is 0.288. The van der Waals surface area contributed by atoms with Gasteiger partial charge in [0.25, 0.3) is 0 Å². The number of nitrogens with zero attached hydrogens (tertiary/aromatic N) is 2. The first kappa shape index (κ1) is 26.6. The minimum Gasteiger partial charge on any atom is -0.493 e. The number of halogens is 1. The SMILES string of the molecule is CCNC(=NCc1cc(OC)c(OC)c(OC)c1)NCC(C)(C)CN(C)C.I. The minimum atomic E-state index is 0. The third-order valence-electron chi connectivity index (χ3n) is 3.97. The second kappa shape index (κ2) is 12.9. The van der Waals surface area contributed by atoms with Crippen LogP contribution in [0.4, 0.5) is 0 Å². The van der Waals surface area contributed by atoms with Gasteiger partial charge >= 0.3 is 0 Å². The molecule has 0 fully saturated rings. The number of benzene rings is 1. The van der Waals surface area contributed by atoms with Crippen molar-refractivity contribution >= 4 is 29.9 Å². The maximum Gasteiger partial charge on any atom is 0.203 e. The van der Waals surface area contributed by atoms with Crippen molar-refractivity contribution in [2.75, 3.05) is 55.1 Å². The molecule has 0 aliphatic heterocycles. The predicted octanol–water partition coefficient (Wildman–Crippen LogP) is 2.97. The first-order valence-electron chi connectivity index (χ1n) is 9.22. The lowest BCUT2D eigenvalue weighted by Crippen LogP contribution is -2.44. The molecule has 0 radical (unpaired) electrons. The summed E-state index contributed by atoms with van der Waals surface area (Å²) in [6, 6.07) is 3.84. The van der Waals surface area contributed by atoms with Crippen molar-refractivity contribution in [1.82, 2.24) is 15.5 Å². The molecule has 1 aromatic rings. The molecule has 0 heterocycles. The fourth-order valence-corrected chi connectivity index (χ4v) is 2.97. The summed E-state index contributed by atoms with van der Waals surface area (Å²) in [6.07, 6.45) is 0. The lowest BCUT2D eigenvalue weighted by Gasteiger charge is -2.29. The number of ether oxygens (including phenoxy) is 3. The van der Waals surface area contributed by atoms with Crippen LogP contribution in [0.15, 0.2) is 17.1 Å². The van der Waals surface area contributed by atoms with Crippen LogP contribution in [0.3, 0.4) is 0 Å². The van der Waals surface area contributed by atoms with Gasteiger partial charge in [0.15, 0.2) is 17.5 Å². The van der Waals surface area contributed by atoms with Crippen LogP contribution < -0.4 is 24.8 Å². The molecule has 0 atom stereocenters. The third-order valence-corrected chi connectivity index (χ3v) is 3.97. The number of guanidine groups is 1. The van der Waals surface area contributed by atoms with Crippen LogP contribution >= 0.6 is 24.0 Å². The number of rotatable bonds is 10. The zero-order chi connectivity index (χ0) is 20.4. The first-order valence-corrected chi connectivity index (χ1v) is 9.22. The molecule has 0 aliphatic carbocycles. The summed E-state index contributed by atoms with van der Waals surface area (Å²) < 4.78 is 16.2. The van der Waals surface area contributed by atoms with Crippen molar-refractivity contribution in [1.29, 1.82) is 0 Å². The van der Waals surface area contributed by atoms with Crippen LogP contribution in [0.5, 0.6) is 17.2 Å². The fraction of sp³-hybridized carbons (Fsp3) is 0.650. The van der Waals surface area contributed by atoms with E-state index in [0.717, 1.165) is 31.2 Å². The Labute approximate surface area is 187 Å². The molecule has 1 aromatic carbocycles. The van der Waals surface area contributed by atoms with E-state index in [4.69, 9.17) is 19.2 Å². The molecular weight excluding hydrogens is 471 g/mol. The zero-order valence-corrected chi connectivity index (χ0v) is 20.8. The van der Waals surface area contributed by atoms with Crippen LogP contribution in [-0.4, -0.2) is 65.9 Å². The number of aliphatic imine (C=N–C) groups is 1. The molecule has 0 saturated carbocycles. The second-order valence-corrected chi connectivity index (χ2v) is 7.48. The summed E-state index contributed by atoms with van der Waals surface area (Å²) in [4.78, 5) is 6.90. The van der Waals surface area contributed by atoms with Crippen LogP contribution in [0.1, 0.15) is 26.3 Å². The third kappa shape index (κ3) is 8.72. The monoisotopic (exact) mass is 508 g/mol. The summed E-state index contributed by atoms with van der Waals surface area (Å²) in [5.41, 5.74) is 1.11. The van der Waals surface area contributed by atoms with Gasteiger partial charge in [0.1, 0.15) is 0 Å². The Balaban J connectivity index is 0.00000729. The van der Waals surface area contributed by atoms with E-state index in [1.807, 2.05) is 12.1 Å². The first-order chi connectivity index (χ1) is 12.8. The molecule has 8 heteroatoms. The van der Waals surface area contributed by atoms with Gasteiger partial charge in [0.05, 0.1) is 27.9 Å². The van der Waals surface area contributed by atoms with Crippen LogP contribution in [0, 0.1) is 5.41 Å². The Morgan fingerprint density at radius 3 is 2.04 bits per heavy atom. The number of methoxy groups -OCH3 is 3. The Morgan fingerprint density at radius 1 is 1.04 bits per heavy atom. The maximum atomic E-state index is 5.41. The smallest absolute Gasteiger partial charge is 0.203 e. The van der Waals surface area contributed by atoms with Gasteiger partial charge in [-0.25, -0.2) is 4.99 Å². The van der Waals surface area contributed by atoms with E-state index < -0.39 is 0 Å². The van der Waals surface area contributed by atoms with Crippen LogP contribution in [0.2, 0.25) is 0 Å². The van der Waals surface area contributed by atoms with Gasteiger partial charge in [-0.15, -0.1) is 24.0 Å². The summed E-state index contributed by atoms with van der Waals surface area (Å²) in [5.74, 6) is 2.64. The summed E-state index contributed by atoms with van der Waals surface area (Å²) in [7, 11) is 9.00. The molecule has 2 N–H and O–H groups in total. The molecule has 1 rings (SSSR count). The molecule has 0 saturated heterocycles. The molecular formula is C20H37IN4O3. The molecule has 0 bridgehead atoms. The van der Waals surface area contributed by atoms with Crippen molar-refractivity contribution in [2.45, 2.75) is 27.3 Å². The van der Waals surface area contributed by atoms with Gasteiger partial charge in [0.2, 0.25) is 5.75 Å². The number of hydrogen-bond acceptors (Lipinski definition) is 5. The molecule has 0 unspecified atom stereocenters. The zero-order valence-electron chi connectivity index (χ0n) is 18.5. The average molecular weight is 508 g/mol. The predicted molar refractivity (Wildman–Crippen MR) is 127 cm³/mol. The molecule has 162 valence electrons. The van der Waals surface area contributed by atoms with Crippen molar-refractivity contribution < 1.29 is 14.2 Å². The topological polar surface area (TPSA) is 67.4 Å². The van der Waals surface area contributed by atoms with E-state index in [1.54, 1.807) is 21.3 Å². The second-order valence-electron chi connectivity index (χ2n) is 7.48. The van der Waals surface area contributed by atoms with E-state index in [1.165, 1.54) is 0 Å². The van der Waals surface area contributed by atoms with Gasteiger partial charge in [0, 0.05) is 19.6 Å². The largest absolute Gasteiger partial charge is 0.493 e. The molecule has 0 aromatic heterocycles. The number of hydrogen-bond donors (Lipinski definition) is 2. The molecule has 0 spiro atoms. The van der Waals surface area contributed by atoms with Gasteiger partial charge in [-0.05, 0) is 44.1 Å². The van der Waals surface area contributed by atoms with E-state index in [2.05, 4.69) is 50.4 Å². The normalized spacial score (nSPS) is 11.7. The van der Waals surface area contributed by atoms with Crippen LogP contribution in [-0.2, 0) is 6.54 Å². The highest BCUT2D eigenvalue weighted by molar-refractivity contribution is 14.0. The van der Waals surface area contributed by atoms with E-state index in [9.17, 15) is 0 Å². The van der Waals surface area contributed by atoms with E-state index in [-0.39, 0.29) is 29.4 Å². The lowest BCUT2D eigenvalue weighted by molar-refractivity contribution is 0.241. The number of nitrogens with one attached hydrogen (secondary N) is 2. The average Bonchev–Trinajstić information content (AvgIpc) is 2.61. The van der Waals surface area contributed by atoms with Gasteiger partial charge < -0.3 is 29.7 Å². The van der Waals surface area contributed by atoms with Crippen molar-refractivity contribution in [2.24, 2.45) is 10.4 Å². The van der Waals surface area contributed by atoms with Gasteiger partial charge in [-0.3, -0.25) is 0 Å². The Bertz CT molecular complexity index is 596. The highest BCUT2D eigenvalue weighted by atomic mass is 127. The minimum absolute atomic E-state index is 0. The van der Waals surface area contributed by atoms with Gasteiger partial charge in [-0.2, -0.15) is 0 Å². The highest BCUT2D eigenvalue weighted by Crippen LogP contribution is 2.38. The highest BCUT2D eigenvalue weighted by Gasteiger charge is 2.19. The Hall–Kier alpha value is -1.42. The maximum absolute atomic E-state index is 5.41. The van der Waals surface area contributed by atoms with Crippen LogP contribution in [0.25, 0.3) is 0 Å².